The molecule has 0 heterocycles. The van der Waals surface area contributed by atoms with Gasteiger partial charge in [0.2, 0.25) is 0 Å². The summed E-state index contributed by atoms with van der Waals surface area (Å²) in [6, 6.07) is 16.1. The van der Waals surface area contributed by atoms with E-state index in [-0.39, 0.29) is 10.7 Å². The van der Waals surface area contributed by atoms with Crippen LogP contribution in [0.1, 0.15) is 30.4 Å². The van der Waals surface area contributed by atoms with Gasteiger partial charge in [0.25, 0.3) is 0 Å². The van der Waals surface area contributed by atoms with Gasteiger partial charge in [-0.15, -0.1) is 9.81 Å². The van der Waals surface area contributed by atoms with Crippen molar-refractivity contribution in [2.24, 2.45) is 10.4 Å². The van der Waals surface area contributed by atoms with Gasteiger partial charge in [0.1, 0.15) is 10.7 Å². The molecular weight excluding hydrogens is 352 g/mol. The average Bonchev–Trinajstić information content (AvgIpc) is 2.63. The first-order valence-electron chi connectivity index (χ1n) is 8.22. The van der Waals surface area contributed by atoms with Crippen molar-refractivity contribution in [3.8, 4) is 0 Å². The van der Waals surface area contributed by atoms with Gasteiger partial charge < -0.3 is 0 Å². The number of hydrogen-bond acceptors (Lipinski definition) is 6. The Bertz CT molecular complexity index is 615. The summed E-state index contributed by atoms with van der Waals surface area (Å²) in [6.07, 6.45) is 2.02. The fourth-order valence-corrected chi connectivity index (χ4v) is 4.15. The molecule has 0 aromatic heterocycles. The van der Waals surface area contributed by atoms with Crippen LogP contribution >= 0.6 is 23.5 Å². The van der Waals surface area contributed by atoms with Crippen LogP contribution in [0.3, 0.4) is 0 Å². The van der Waals surface area contributed by atoms with Crippen molar-refractivity contribution in [3.63, 3.8) is 0 Å². The zero-order valence-electron chi connectivity index (χ0n) is 14.4. The summed E-state index contributed by atoms with van der Waals surface area (Å²) >= 11 is 2.94. The number of rotatable bonds is 10. The molecule has 2 aromatic carbocycles. The summed E-state index contributed by atoms with van der Waals surface area (Å²) in [5, 5.41) is 5.77. The topological polar surface area (TPSA) is 58.9 Å². The molecule has 132 valence electrons. The first-order valence-corrected chi connectivity index (χ1v) is 9.98. The smallest absolute Gasteiger partial charge is 0.142 e. The summed E-state index contributed by atoms with van der Waals surface area (Å²) in [5.74, 6) is 0. The molecule has 0 radical (unpaired) electrons. The van der Waals surface area contributed by atoms with Crippen LogP contribution in [0, 0.1) is 23.7 Å². The number of benzene rings is 2. The van der Waals surface area contributed by atoms with Gasteiger partial charge in [-0.2, -0.15) is 0 Å². The maximum Gasteiger partial charge on any atom is 0.142 e. The minimum atomic E-state index is -0.334. The van der Waals surface area contributed by atoms with Crippen LogP contribution in [0.4, 0.5) is 0 Å². The number of thioether (sulfide) groups is 2. The molecule has 25 heavy (non-hydrogen) atoms. The highest BCUT2D eigenvalue weighted by Crippen LogP contribution is 2.31. The summed E-state index contributed by atoms with van der Waals surface area (Å²) in [6.45, 7) is 4.06. The lowest BCUT2D eigenvalue weighted by atomic mass is 10.2. The molecule has 4 nitrogen and oxygen atoms in total. The summed E-state index contributed by atoms with van der Waals surface area (Å²) in [7, 11) is 0. The molecule has 2 atom stereocenters. The van der Waals surface area contributed by atoms with Crippen LogP contribution in [0.15, 0.2) is 68.7 Å². The number of hydrogen-bond donors (Lipinski definition) is 0. The third-order valence-corrected chi connectivity index (χ3v) is 6.00. The van der Waals surface area contributed by atoms with E-state index in [9.17, 15) is 9.81 Å². The molecule has 0 aliphatic carbocycles. The normalized spacial score (nSPS) is 13.2. The Balaban J connectivity index is 1.79. The van der Waals surface area contributed by atoms with E-state index in [1.807, 2.05) is 62.4 Å². The molecule has 2 unspecified atom stereocenters. The SMILES string of the molecule is Cc1ccc(SC(CCCC(N=O)Sc2ccc(C)cc2)N=O)cc1. The van der Waals surface area contributed by atoms with Gasteiger partial charge in [-0.25, -0.2) is 0 Å². The average molecular weight is 375 g/mol. The van der Waals surface area contributed by atoms with E-state index in [1.165, 1.54) is 34.7 Å². The molecule has 0 saturated heterocycles. The van der Waals surface area contributed by atoms with E-state index in [0.717, 1.165) is 16.2 Å². The predicted molar refractivity (Wildman–Crippen MR) is 107 cm³/mol. The fraction of sp³-hybridized carbons (Fsp3) is 0.368. The van der Waals surface area contributed by atoms with E-state index in [0.29, 0.717) is 12.8 Å². The number of aryl methyl sites for hydroxylation is 2. The van der Waals surface area contributed by atoms with Gasteiger partial charge in [-0.3, -0.25) is 0 Å². The molecular formula is C19H22N2O2S2. The first-order chi connectivity index (χ1) is 12.1. The molecule has 0 aliphatic heterocycles. The highest BCUT2D eigenvalue weighted by molar-refractivity contribution is 8.00. The van der Waals surface area contributed by atoms with Crippen LogP contribution in [0.25, 0.3) is 0 Å². The Kier molecular flexibility index (Phi) is 8.15. The lowest BCUT2D eigenvalue weighted by molar-refractivity contribution is 0.651. The van der Waals surface area contributed by atoms with Crippen LogP contribution in [0.2, 0.25) is 0 Å². The van der Waals surface area contributed by atoms with Gasteiger partial charge in [-0.1, -0.05) is 69.3 Å². The van der Waals surface area contributed by atoms with Crippen molar-refractivity contribution in [2.45, 2.75) is 53.6 Å². The monoisotopic (exact) mass is 374 g/mol. The summed E-state index contributed by atoms with van der Waals surface area (Å²) in [5.41, 5.74) is 2.38. The molecule has 0 N–H and O–H groups in total. The molecule has 0 spiro atoms. The first kappa shape index (κ1) is 19.7. The molecule has 0 fully saturated rings. The van der Waals surface area contributed by atoms with Crippen molar-refractivity contribution in [1.29, 1.82) is 0 Å². The Morgan fingerprint density at radius 1 is 0.720 bits per heavy atom. The highest BCUT2D eigenvalue weighted by Gasteiger charge is 2.15. The van der Waals surface area contributed by atoms with Crippen molar-refractivity contribution in [3.05, 3.63) is 69.5 Å². The predicted octanol–water partition coefficient (Wildman–Crippen LogP) is 6.54. The van der Waals surface area contributed by atoms with E-state index < -0.39 is 0 Å². The molecule has 0 bridgehead atoms. The van der Waals surface area contributed by atoms with Crippen LogP contribution in [0.5, 0.6) is 0 Å². The van der Waals surface area contributed by atoms with Gasteiger partial charge in [-0.05, 0) is 57.4 Å². The van der Waals surface area contributed by atoms with E-state index >= 15 is 0 Å². The molecule has 0 aliphatic rings. The quantitative estimate of drug-likeness (QED) is 0.350. The maximum absolute atomic E-state index is 11.1. The van der Waals surface area contributed by atoms with Crippen molar-refractivity contribution >= 4 is 23.5 Å². The molecule has 0 saturated carbocycles. The van der Waals surface area contributed by atoms with Gasteiger partial charge in [0.15, 0.2) is 0 Å². The Morgan fingerprint density at radius 2 is 1.08 bits per heavy atom. The zero-order valence-corrected chi connectivity index (χ0v) is 16.1. The lowest BCUT2D eigenvalue weighted by Gasteiger charge is -2.11. The van der Waals surface area contributed by atoms with E-state index in [2.05, 4.69) is 10.4 Å². The lowest BCUT2D eigenvalue weighted by Crippen LogP contribution is -2.02. The van der Waals surface area contributed by atoms with E-state index in [4.69, 9.17) is 0 Å². The Hall–Kier alpha value is -1.66. The second-order valence-corrected chi connectivity index (χ2v) is 8.42. The summed E-state index contributed by atoms with van der Waals surface area (Å²) in [4.78, 5) is 24.2. The van der Waals surface area contributed by atoms with Crippen LogP contribution < -0.4 is 0 Å². The third-order valence-electron chi connectivity index (χ3n) is 3.72. The maximum atomic E-state index is 11.1. The Morgan fingerprint density at radius 3 is 1.40 bits per heavy atom. The highest BCUT2D eigenvalue weighted by atomic mass is 32.2. The summed E-state index contributed by atoms with van der Waals surface area (Å²) < 4.78 is 0. The third kappa shape index (κ3) is 7.00. The standard InChI is InChI=1S/C19H22N2O2S2/c1-14-6-10-16(11-7-14)24-18(20-22)4-3-5-19(21-23)25-17-12-8-15(2)9-13-17/h6-13,18-19H,3-5H2,1-2H3. The minimum absolute atomic E-state index is 0.334. The van der Waals surface area contributed by atoms with Crippen molar-refractivity contribution in [2.75, 3.05) is 0 Å². The molecule has 2 aromatic rings. The second kappa shape index (κ2) is 10.4. The van der Waals surface area contributed by atoms with Gasteiger partial charge in [0.05, 0.1) is 0 Å². The fourth-order valence-electron chi connectivity index (χ4n) is 2.28. The molecule has 2 rings (SSSR count). The van der Waals surface area contributed by atoms with Gasteiger partial charge >= 0.3 is 0 Å². The zero-order chi connectivity index (χ0) is 18.1. The number of nitroso groups, excluding NO2 is 2. The Labute approximate surface area is 157 Å². The van der Waals surface area contributed by atoms with Crippen LogP contribution in [-0.4, -0.2) is 10.7 Å². The van der Waals surface area contributed by atoms with Crippen molar-refractivity contribution < 1.29 is 0 Å². The molecule has 6 heteroatoms. The largest absolute Gasteiger partial charge is 0.150 e. The van der Waals surface area contributed by atoms with E-state index in [1.54, 1.807) is 0 Å². The van der Waals surface area contributed by atoms with Crippen LogP contribution in [-0.2, 0) is 0 Å². The number of nitrogens with zero attached hydrogens (tertiary/aromatic N) is 2. The molecule has 0 amide bonds. The van der Waals surface area contributed by atoms with Crippen molar-refractivity contribution in [1.82, 2.24) is 0 Å². The minimum Gasteiger partial charge on any atom is -0.150 e. The van der Waals surface area contributed by atoms with Gasteiger partial charge in [0, 0.05) is 9.79 Å². The second-order valence-electron chi connectivity index (χ2n) is 5.91.